The average Bonchev–Trinajstić information content (AvgIpc) is 2.85. The van der Waals surface area contributed by atoms with Crippen molar-refractivity contribution in [2.45, 2.75) is 6.42 Å². The van der Waals surface area contributed by atoms with Gasteiger partial charge in [-0.25, -0.2) is 0 Å². The molecular weight excluding hydrogens is 294 g/mol. The Morgan fingerprint density at radius 1 is 1.52 bits per heavy atom. The summed E-state index contributed by atoms with van der Waals surface area (Å²) in [6.45, 7) is 0.740. The van der Waals surface area contributed by atoms with Crippen LogP contribution < -0.4 is 10.2 Å². The molecule has 1 amide bonds. The highest BCUT2D eigenvalue weighted by Gasteiger charge is 2.31. The summed E-state index contributed by atoms with van der Waals surface area (Å²) in [4.78, 5) is 24.1. The number of hydrogen-bond acceptors (Lipinski definition) is 6. The number of nitrogens with one attached hydrogen (secondary N) is 1. The molecule has 1 saturated heterocycles. The predicted molar refractivity (Wildman–Crippen MR) is 83.0 cm³/mol. The molecule has 1 aromatic rings. The number of aliphatic hydroxyl groups is 1. The fraction of sp³-hybridized carbons (Fsp3) is 0.462. The second-order valence-corrected chi connectivity index (χ2v) is 5.23. The maximum Gasteiger partial charge on any atom is 0.271 e. The van der Waals surface area contributed by atoms with Gasteiger partial charge in [-0.1, -0.05) is 0 Å². The molecule has 0 bridgehead atoms. The van der Waals surface area contributed by atoms with E-state index in [0.29, 0.717) is 36.6 Å². The van der Waals surface area contributed by atoms with Crippen LogP contribution in [0.1, 0.15) is 6.42 Å². The first-order valence-electron chi connectivity index (χ1n) is 6.61. The molecule has 1 atom stereocenters. The van der Waals surface area contributed by atoms with Gasteiger partial charge >= 0.3 is 0 Å². The van der Waals surface area contributed by atoms with Crippen molar-refractivity contribution in [1.29, 1.82) is 0 Å². The van der Waals surface area contributed by atoms with Crippen LogP contribution in [-0.4, -0.2) is 41.4 Å². The van der Waals surface area contributed by atoms with Crippen LogP contribution in [0.5, 0.6) is 0 Å². The van der Waals surface area contributed by atoms with Crippen LogP contribution in [0.3, 0.4) is 0 Å². The molecule has 0 aromatic heterocycles. The van der Waals surface area contributed by atoms with E-state index in [2.05, 4.69) is 17.9 Å². The summed E-state index contributed by atoms with van der Waals surface area (Å²) in [5.41, 5.74) is 1.01. The molecule has 114 valence electrons. The summed E-state index contributed by atoms with van der Waals surface area (Å²) in [6.07, 6.45) is 0.394. The lowest BCUT2D eigenvalue weighted by molar-refractivity contribution is -0.384. The van der Waals surface area contributed by atoms with E-state index in [9.17, 15) is 14.9 Å². The van der Waals surface area contributed by atoms with E-state index < -0.39 is 4.92 Å². The molecule has 1 fully saturated rings. The van der Waals surface area contributed by atoms with E-state index in [4.69, 9.17) is 5.11 Å². The summed E-state index contributed by atoms with van der Waals surface area (Å²) >= 11 is 4.21. The summed E-state index contributed by atoms with van der Waals surface area (Å²) in [7, 11) is 0. The van der Waals surface area contributed by atoms with Crippen LogP contribution in [0.2, 0.25) is 0 Å². The number of nitro benzene ring substituents is 1. The lowest BCUT2D eigenvalue weighted by Crippen LogP contribution is -2.26. The van der Waals surface area contributed by atoms with Gasteiger partial charge in [-0.3, -0.25) is 14.9 Å². The van der Waals surface area contributed by atoms with Crippen LogP contribution in [0.4, 0.5) is 17.1 Å². The molecular formula is C13H17N3O4S. The Morgan fingerprint density at radius 3 is 2.86 bits per heavy atom. The number of amides is 1. The summed E-state index contributed by atoms with van der Waals surface area (Å²) in [6, 6.07) is 4.32. The summed E-state index contributed by atoms with van der Waals surface area (Å²) in [5.74, 6) is 0.670. The molecule has 0 radical (unpaired) electrons. The van der Waals surface area contributed by atoms with Crippen molar-refractivity contribution < 1.29 is 14.8 Å². The normalized spacial score (nSPS) is 18.1. The number of carbonyl (C=O) groups excluding carboxylic acids is 1. The topological polar surface area (TPSA) is 95.7 Å². The zero-order chi connectivity index (χ0) is 15.4. The number of carbonyl (C=O) groups is 1. The summed E-state index contributed by atoms with van der Waals surface area (Å²) < 4.78 is 0. The van der Waals surface area contributed by atoms with Crippen LogP contribution in [0.15, 0.2) is 18.2 Å². The molecule has 2 rings (SSSR count). The van der Waals surface area contributed by atoms with Gasteiger partial charge in [0.05, 0.1) is 22.9 Å². The highest BCUT2D eigenvalue weighted by molar-refractivity contribution is 7.80. The number of rotatable bonds is 6. The fourth-order valence-corrected chi connectivity index (χ4v) is 2.58. The third-order valence-electron chi connectivity index (χ3n) is 3.37. The maximum absolute atomic E-state index is 12.1. The fourth-order valence-electron chi connectivity index (χ4n) is 2.33. The van der Waals surface area contributed by atoms with E-state index in [1.165, 1.54) is 12.1 Å². The van der Waals surface area contributed by atoms with Gasteiger partial charge in [0.1, 0.15) is 0 Å². The zero-order valence-electron chi connectivity index (χ0n) is 11.4. The third-order valence-corrected chi connectivity index (χ3v) is 3.89. The molecule has 1 aliphatic rings. The van der Waals surface area contributed by atoms with E-state index in [1.54, 1.807) is 11.0 Å². The minimum atomic E-state index is -0.490. The number of thiol groups is 1. The van der Waals surface area contributed by atoms with Crippen molar-refractivity contribution in [2.24, 2.45) is 5.92 Å². The number of anilines is 2. The van der Waals surface area contributed by atoms with E-state index in [1.807, 2.05) is 0 Å². The second-order valence-electron chi connectivity index (χ2n) is 4.87. The van der Waals surface area contributed by atoms with Gasteiger partial charge < -0.3 is 15.3 Å². The number of benzene rings is 1. The Kier molecular flexibility index (Phi) is 5.03. The first-order valence-corrected chi connectivity index (χ1v) is 7.24. The molecule has 21 heavy (non-hydrogen) atoms. The van der Waals surface area contributed by atoms with Crippen LogP contribution in [0, 0.1) is 16.0 Å². The SMILES string of the molecule is O=C1CC(CS)CN1c1cc([N+](=O)[O-])ccc1NCCO. The molecule has 0 spiro atoms. The lowest BCUT2D eigenvalue weighted by Gasteiger charge is -2.20. The van der Waals surface area contributed by atoms with Crippen LogP contribution in [0.25, 0.3) is 0 Å². The maximum atomic E-state index is 12.1. The first-order chi connectivity index (χ1) is 10.1. The quantitative estimate of drug-likeness (QED) is 0.418. The molecule has 0 aliphatic carbocycles. The van der Waals surface area contributed by atoms with Crippen molar-refractivity contribution in [1.82, 2.24) is 0 Å². The average molecular weight is 311 g/mol. The summed E-state index contributed by atoms with van der Waals surface area (Å²) in [5, 5.41) is 22.8. The van der Waals surface area contributed by atoms with Gasteiger partial charge in [0.2, 0.25) is 5.91 Å². The van der Waals surface area contributed by atoms with Gasteiger partial charge in [0.25, 0.3) is 5.69 Å². The molecule has 1 aromatic carbocycles. The first kappa shape index (κ1) is 15.6. The monoisotopic (exact) mass is 311 g/mol. The van der Waals surface area contributed by atoms with Crippen molar-refractivity contribution in [3.63, 3.8) is 0 Å². The van der Waals surface area contributed by atoms with Gasteiger partial charge in [-0.05, 0) is 17.7 Å². The Bertz CT molecular complexity index is 552. The molecule has 7 nitrogen and oxygen atoms in total. The third kappa shape index (κ3) is 3.45. The van der Waals surface area contributed by atoms with Gasteiger partial charge in [0, 0.05) is 31.6 Å². The molecule has 8 heteroatoms. The standard InChI is InChI=1S/C13H17N3O4S/c17-4-3-14-11-2-1-10(16(19)20)6-12(11)15-7-9(8-21)5-13(15)18/h1-2,6,9,14,17,21H,3-5,7-8H2. The molecule has 2 N–H and O–H groups in total. The van der Waals surface area contributed by atoms with Gasteiger partial charge in [-0.15, -0.1) is 0 Å². The predicted octanol–water partition coefficient (Wildman–Crippen LogP) is 1.28. The number of nitro groups is 1. The highest BCUT2D eigenvalue weighted by Crippen LogP contribution is 2.34. The van der Waals surface area contributed by atoms with Crippen LogP contribution in [-0.2, 0) is 4.79 Å². The molecule has 0 saturated carbocycles. The minimum Gasteiger partial charge on any atom is -0.395 e. The van der Waals surface area contributed by atoms with E-state index in [0.717, 1.165) is 0 Å². The number of nitrogens with zero attached hydrogens (tertiary/aromatic N) is 2. The minimum absolute atomic E-state index is 0.0658. The Labute approximate surface area is 127 Å². The number of non-ortho nitro benzene ring substituents is 1. The van der Waals surface area contributed by atoms with Crippen LogP contribution >= 0.6 is 12.6 Å². The second kappa shape index (κ2) is 6.77. The van der Waals surface area contributed by atoms with Crippen molar-refractivity contribution in [3.8, 4) is 0 Å². The van der Waals surface area contributed by atoms with Crippen molar-refractivity contribution >= 4 is 35.6 Å². The number of aliphatic hydroxyl groups excluding tert-OH is 1. The lowest BCUT2D eigenvalue weighted by atomic mass is 10.1. The van der Waals surface area contributed by atoms with Crippen molar-refractivity contribution in [2.75, 3.05) is 35.7 Å². The van der Waals surface area contributed by atoms with Gasteiger partial charge in [0.15, 0.2) is 0 Å². The Morgan fingerprint density at radius 2 is 2.29 bits per heavy atom. The van der Waals surface area contributed by atoms with Crippen molar-refractivity contribution in [3.05, 3.63) is 28.3 Å². The Balaban J connectivity index is 2.36. The van der Waals surface area contributed by atoms with E-state index >= 15 is 0 Å². The highest BCUT2D eigenvalue weighted by atomic mass is 32.1. The smallest absolute Gasteiger partial charge is 0.271 e. The molecule has 1 aliphatic heterocycles. The zero-order valence-corrected chi connectivity index (χ0v) is 12.3. The number of hydrogen-bond donors (Lipinski definition) is 3. The molecule has 1 heterocycles. The largest absolute Gasteiger partial charge is 0.395 e. The molecule has 1 unspecified atom stereocenters. The van der Waals surface area contributed by atoms with Gasteiger partial charge in [-0.2, -0.15) is 12.6 Å². The van der Waals surface area contributed by atoms with E-state index in [-0.39, 0.29) is 24.1 Å². The Hall–Kier alpha value is -1.80.